The van der Waals surface area contributed by atoms with Crippen LogP contribution in [0.5, 0.6) is 17.4 Å². The summed E-state index contributed by atoms with van der Waals surface area (Å²) in [5, 5.41) is 16.7. The van der Waals surface area contributed by atoms with Gasteiger partial charge < -0.3 is 24.6 Å². The molecule has 47 heavy (non-hydrogen) atoms. The molecule has 0 radical (unpaired) electrons. The highest BCUT2D eigenvalue weighted by molar-refractivity contribution is 7.89. The zero-order valence-electron chi connectivity index (χ0n) is 25.9. The Bertz CT molecular complexity index is 1890. The molecule has 1 aliphatic rings. The molecular weight excluding hydrogens is 633 g/mol. The number of benzene rings is 3. The number of carbonyl (C=O) groups is 2. The van der Waals surface area contributed by atoms with E-state index in [-0.39, 0.29) is 51.1 Å². The molecule has 0 aliphatic carbocycles. The number of carboxylic acid groups (broad SMARTS) is 1. The number of nitrogens with one attached hydrogen (secondary N) is 2. The van der Waals surface area contributed by atoms with Gasteiger partial charge in [0.05, 0.1) is 26.0 Å². The fraction of sp³-hybridized carbons (Fsp3) is 0.281. The summed E-state index contributed by atoms with van der Waals surface area (Å²) >= 11 is 0. The number of amides is 1. The number of ether oxygens (including phenoxy) is 3. The van der Waals surface area contributed by atoms with Crippen LogP contribution >= 0.6 is 0 Å². The Balaban J connectivity index is 1.51. The second-order valence-corrected chi connectivity index (χ2v) is 12.5. The van der Waals surface area contributed by atoms with Crippen LogP contribution in [0, 0.1) is 19.7 Å². The average molecular weight is 668 g/mol. The summed E-state index contributed by atoms with van der Waals surface area (Å²) < 4.78 is 61.9. The number of nitrogens with zero attached hydrogens (tertiary/aromatic N) is 3. The van der Waals surface area contributed by atoms with Gasteiger partial charge >= 0.3 is 5.97 Å². The average Bonchev–Trinajstić information content (AvgIpc) is 3.39. The van der Waals surface area contributed by atoms with Crippen molar-refractivity contribution < 1.29 is 41.7 Å². The van der Waals surface area contributed by atoms with E-state index in [9.17, 15) is 27.5 Å². The van der Waals surface area contributed by atoms with Crippen LogP contribution in [0.2, 0.25) is 0 Å². The Hall–Kier alpha value is -4.83. The second-order valence-electron chi connectivity index (χ2n) is 10.7. The second kappa shape index (κ2) is 14.3. The van der Waals surface area contributed by atoms with Crippen LogP contribution in [0.4, 0.5) is 10.1 Å². The number of morpholine rings is 1. The number of anilines is 1. The zero-order valence-corrected chi connectivity index (χ0v) is 26.8. The van der Waals surface area contributed by atoms with Crippen molar-refractivity contribution in [1.82, 2.24) is 19.4 Å². The first kappa shape index (κ1) is 33.5. The largest absolute Gasteiger partial charge is 0.497 e. The van der Waals surface area contributed by atoms with E-state index in [1.165, 1.54) is 62.0 Å². The predicted octanol–water partition coefficient (Wildman–Crippen LogP) is 3.99. The standard InChI is InChI=1S/C32H34FN5O8S/c1-20-18-22(4-10-26(20)33)30(39)35-23-5-11-27(28(19-23)47(42,43)34-12-13-37-14-16-45-17-15-37)46-31-21(2)29(32(40)41)36-38(31)24-6-8-25(44-3)9-7-24/h4-11,18-19,34H,12-17H2,1-3H3,(H,35,39)(H,40,41). The molecule has 1 saturated heterocycles. The summed E-state index contributed by atoms with van der Waals surface area (Å²) in [6.07, 6.45) is 0. The first-order valence-electron chi connectivity index (χ1n) is 14.6. The number of aryl methyl sites for hydroxylation is 1. The number of rotatable bonds is 12. The molecule has 13 nitrogen and oxygen atoms in total. The molecule has 1 aromatic heterocycles. The Morgan fingerprint density at radius 3 is 2.43 bits per heavy atom. The van der Waals surface area contributed by atoms with Crippen LogP contribution in [0.15, 0.2) is 65.6 Å². The highest BCUT2D eigenvalue weighted by Gasteiger charge is 2.27. The first-order valence-corrected chi connectivity index (χ1v) is 16.1. The number of hydrogen-bond acceptors (Lipinski definition) is 9. The predicted molar refractivity (Wildman–Crippen MR) is 170 cm³/mol. The van der Waals surface area contributed by atoms with Crippen LogP contribution in [0.1, 0.15) is 32.0 Å². The molecule has 0 bridgehead atoms. The molecule has 248 valence electrons. The van der Waals surface area contributed by atoms with Gasteiger partial charge in [0.25, 0.3) is 5.91 Å². The Morgan fingerprint density at radius 1 is 1.04 bits per heavy atom. The SMILES string of the molecule is COc1ccc(-n2nc(C(=O)O)c(C)c2Oc2ccc(NC(=O)c3ccc(F)c(C)c3)cc2S(=O)(=O)NCCN2CCOCC2)cc1. The number of halogens is 1. The van der Waals surface area contributed by atoms with Crippen molar-refractivity contribution in [2.45, 2.75) is 18.7 Å². The van der Waals surface area contributed by atoms with E-state index in [4.69, 9.17) is 14.2 Å². The number of aromatic nitrogens is 2. The quantitative estimate of drug-likeness (QED) is 0.202. The highest BCUT2D eigenvalue weighted by Crippen LogP contribution is 2.35. The lowest BCUT2D eigenvalue weighted by Gasteiger charge is -2.26. The maximum atomic E-state index is 13.8. The minimum atomic E-state index is -4.25. The number of carbonyl (C=O) groups excluding carboxylic acids is 1. The van der Waals surface area contributed by atoms with E-state index in [0.717, 1.165) is 0 Å². The maximum absolute atomic E-state index is 13.8. The lowest BCUT2D eigenvalue weighted by atomic mass is 10.1. The zero-order chi connectivity index (χ0) is 33.7. The molecule has 5 rings (SSSR count). The van der Waals surface area contributed by atoms with Gasteiger partial charge in [-0.2, -0.15) is 9.78 Å². The van der Waals surface area contributed by atoms with Crippen molar-refractivity contribution in [2.24, 2.45) is 0 Å². The van der Waals surface area contributed by atoms with Gasteiger partial charge in [-0.1, -0.05) is 0 Å². The number of sulfonamides is 1. The van der Waals surface area contributed by atoms with E-state index < -0.39 is 27.7 Å². The van der Waals surface area contributed by atoms with Crippen LogP contribution in [-0.2, 0) is 14.8 Å². The molecular formula is C32H34FN5O8S. The van der Waals surface area contributed by atoms with Gasteiger partial charge in [0, 0.05) is 43.0 Å². The Morgan fingerprint density at radius 2 is 1.77 bits per heavy atom. The van der Waals surface area contributed by atoms with E-state index in [0.29, 0.717) is 44.3 Å². The number of aromatic carboxylic acids is 1. The van der Waals surface area contributed by atoms with E-state index in [1.54, 1.807) is 24.3 Å². The molecule has 1 fully saturated rings. The molecule has 3 N–H and O–H groups in total. The molecule has 1 aliphatic heterocycles. The minimum Gasteiger partial charge on any atom is -0.497 e. The van der Waals surface area contributed by atoms with Crippen molar-refractivity contribution in [3.05, 3.63) is 88.9 Å². The normalized spacial score (nSPS) is 13.7. The monoisotopic (exact) mass is 667 g/mol. The molecule has 3 aromatic carbocycles. The Kier molecular flexibility index (Phi) is 10.2. The summed E-state index contributed by atoms with van der Waals surface area (Å²) in [5.41, 5.74) is 0.881. The fourth-order valence-corrected chi connectivity index (χ4v) is 6.09. The third-order valence-electron chi connectivity index (χ3n) is 7.53. The molecule has 0 atom stereocenters. The molecule has 0 saturated carbocycles. The third kappa shape index (κ3) is 7.77. The van der Waals surface area contributed by atoms with Crippen LogP contribution in [0.25, 0.3) is 5.69 Å². The van der Waals surface area contributed by atoms with Gasteiger partial charge in [0.15, 0.2) is 5.69 Å². The van der Waals surface area contributed by atoms with Gasteiger partial charge in [0.2, 0.25) is 15.9 Å². The molecule has 15 heteroatoms. The molecule has 0 spiro atoms. The Labute approximate surface area is 270 Å². The van der Waals surface area contributed by atoms with Gasteiger partial charge in [-0.05, 0) is 80.1 Å². The van der Waals surface area contributed by atoms with Gasteiger partial charge in [-0.3, -0.25) is 9.69 Å². The van der Waals surface area contributed by atoms with Crippen molar-refractivity contribution in [1.29, 1.82) is 0 Å². The fourth-order valence-electron chi connectivity index (χ4n) is 4.92. The van der Waals surface area contributed by atoms with Crippen molar-refractivity contribution >= 4 is 27.6 Å². The third-order valence-corrected chi connectivity index (χ3v) is 9.01. The van der Waals surface area contributed by atoms with E-state index in [1.807, 2.05) is 0 Å². The molecule has 2 heterocycles. The van der Waals surface area contributed by atoms with E-state index >= 15 is 0 Å². The molecule has 1 amide bonds. The topological polar surface area (TPSA) is 161 Å². The van der Waals surface area contributed by atoms with Crippen molar-refractivity contribution in [3.63, 3.8) is 0 Å². The van der Waals surface area contributed by atoms with E-state index in [2.05, 4.69) is 20.0 Å². The molecule has 4 aromatic rings. The summed E-state index contributed by atoms with van der Waals surface area (Å²) in [6, 6.07) is 14.5. The summed E-state index contributed by atoms with van der Waals surface area (Å²) in [4.78, 5) is 26.8. The lowest BCUT2D eigenvalue weighted by Crippen LogP contribution is -2.41. The van der Waals surface area contributed by atoms with Crippen LogP contribution < -0.4 is 19.5 Å². The van der Waals surface area contributed by atoms with Gasteiger partial charge in [0.1, 0.15) is 22.2 Å². The van der Waals surface area contributed by atoms with Crippen molar-refractivity contribution in [2.75, 3.05) is 51.8 Å². The summed E-state index contributed by atoms with van der Waals surface area (Å²) in [6.45, 7) is 5.99. The minimum absolute atomic E-state index is 0.0316. The van der Waals surface area contributed by atoms with Crippen LogP contribution in [-0.4, -0.2) is 86.6 Å². The van der Waals surface area contributed by atoms with Gasteiger partial charge in [-0.15, -0.1) is 0 Å². The van der Waals surface area contributed by atoms with Crippen molar-refractivity contribution in [3.8, 4) is 23.1 Å². The highest BCUT2D eigenvalue weighted by atomic mass is 32.2. The summed E-state index contributed by atoms with van der Waals surface area (Å²) in [5.74, 6) is -1.96. The number of carboxylic acids is 1. The first-order chi connectivity index (χ1) is 22.5. The lowest BCUT2D eigenvalue weighted by molar-refractivity contribution is 0.0390. The summed E-state index contributed by atoms with van der Waals surface area (Å²) in [7, 11) is -2.74. The number of methoxy groups -OCH3 is 1. The molecule has 0 unspecified atom stereocenters. The smallest absolute Gasteiger partial charge is 0.356 e. The maximum Gasteiger partial charge on any atom is 0.356 e. The van der Waals surface area contributed by atoms with Gasteiger partial charge in [-0.25, -0.2) is 22.3 Å². The number of hydrogen-bond donors (Lipinski definition) is 3. The van der Waals surface area contributed by atoms with Crippen LogP contribution in [0.3, 0.4) is 0 Å².